The molecule has 0 aliphatic heterocycles. The summed E-state index contributed by atoms with van der Waals surface area (Å²) >= 11 is 1.80. The van der Waals surface area contributed by atoms with Crippen molar-refractivity contribution in [1.29, 1.82) is 0 Å². The van der Waals surface area contributed by atoms with E-state index in [-0.39, 0.29) is 5.78 Å². The van der Waals surface area contributed by atoms with Crippen LogP contribution in [0.5, 0.6) is 0 Å². The van der Waals surface area contributed by atoms with Gasteiger partial charge in [-0.1, -0.05) is 26.0 Å². The lowest BCUT2D eigenvalue weighted by Gasteiger charge is -2.17. The monoisotopic (exact) mass is 251 g/mol. The van der Waals surface area contributed by atoms with Crippen LogP contribution in [0.2, 0.25) is 0 Å². The molecule has 1 aromatic carbocycles. The first kappa shape index (κ1) is 14.3. The molecule has 0 atom stereocenters. The molecule has 0 aliphatic carbocycles. The number of ketones is 1. The van der Waals surface area contributed by atoms with Gasteiger partial charge in [-0.2, -0.15) is 0 Å². The van der Waals surface area contributed by atoms with Crippen molar-refractivity contribution >= 4 is 17.5 Å². The van der Waals surface area contributed by atoms with E-state index >= 15 is 0 Å². The van der Waals surface area contributed by atoms with Crippen LogP contribution in [0.1, 0.15) is 44.5 Å². The Balaban J connectivity index is 2.71. The second-order valence-electron chi connectivity index (χ2n) is 5.28. The number of benzene rings is 1. The number of carbonyl (C=O) groups excluding carboxylic acids is 1. The number of rotatable bonds is 5. The van der Waals surface area contributed by atoms with Gasteiger partial charge in [0.1, 0.15) is 0 Å². The zero-order valence-corrected chi connectivity index (χ0v) is 11.8. The Morgan fingerprint density at radius 2 is 1.82 bits per heavy atom. The van der Waals surface area contributed by atoms with E-state index in [9.17, 15) is 4.79 Å². The van der Waals surface area contributed by atoms with Crippen molar-refractivity contribution < 1.29 is 4.79 Å². The van der Waals surface area contributed by atoms with Crippen LogP contribution in [0.15, 0.2) is 29.2 Å². The molecule has 1 rings (SSSR count). The highest BCUT2D eigenvalue weighted by Crippen LogP contribution is 2.23. The van der Waals surface area contributed by atoms with Gasteiger partial charge in [0.2, 0.25) is 0 Å². The molecule has 2 N–H and O–H groups in total. The molecule has 0 spiro atoms. The smallest absolute Gasteiger partial charge is 0.164 e. The first-order valence-electron chi connectivity index (χ1n) is 5.87. The highest BCUT2D eigenvalue weighted by Gasteiger charge is 2.17. The third kappa shape index (κ3) is 5.37. The fourth-order valence-electron chi connectivity index (χ4n) is 1.51. The zero-order chi connectivity index (χ0) is 13.1. The van der Waals surface area contributed by atoms with E-state index in [0.717, 1.165) is 5.56 Å². The quantitative estimate of drug-likeness (QED) is 0.643. The third-order valence-corrected chi connectivity index (χ3v) is 3.18. The average molecular weight is 251 g/mol. The van der Waals surface area contributed by atoms with Gasteiger partial charge < -0.3 is 5.73 Å². The highest BCUT2D eigenvalue weighted by molar-refractivity contribution is 7.99. The minimum absolute atomic E-state index is 0.110. The molecule has 0 heterocycles. The summed E-state index contributed by atoms with van der Waals surface area (Å²) in [7, 11) is 0. The third-order valence-electron chi connectivity index (χ3n) is 2.16. The molecule has 0 aliphatic rings. The van der Waals surface area contributed by atoms with Gasteiger partial charge in [-0.25, -0.2) is 0 Å². The van der Waals surface area contributed by atoms with E-state index in [1.807, 2.05) is 38.1 Å². The Hall–Kier alpha value is -0.800. The summed E-state index contributed by atoms with van der Waals surface area (Å²) in [5, 5.41) is 0.555. The summed E-state index contributed by atoms with van der Waals surface area (Å²) in [6.07, 6.45) is 0.379. The summed E-state index contributed by atoms with van der Waals surface area (Å²) in [6, 6.07) is 7.78. The number of Topliss-reactive ketones (excluding diaryl/α,β-unsaturated/α-hetero) is 1. The van der Waals surface area contributed by atoms with Crippen LogP contribution in [0.25, 0.3) is 0 Å². The van der Waals surface area contributed by atoms with Gasteiger partial charge >= 0.3 is 0 Å². The minimum atomic E-state index is -0.442. The van der Waals surface area contributed by atoms with Gasteiger partial charge in [-0.3, -0.25) is 4.79 Å². The van der Waals surface area contributed by atoms with E-state index in [2.05, 4.69) is 13.8 Å². The van der Waals surface area contributed by atoms with E-state index in [1.165, 1.54) is 4.90 Å². The molecule has 0 amide bonds. The summed E-state index contributed by atoms with van der Waals surface area (Å²) in [6.45, 7) is 8.04. The summed E-state index contributed by atoms with van der Waals surface area (Å²) in [5.41, 5.74) is 6.15. The number of nitrogens with two attached hydrogens (primary N) is 1. The maximum absolute atomic E-state index is 11.9. The topological polar surface area (TPSA) is 43.1 Å². The first-order valence-corrected chi connectivity index (χ1v) is 6.75. The van der Waals surface area contributed by atoms with Crippen LogP contribution in [-0.4, -0.2) is 16.6 Å². The van der Waals surface area contributed by atoms with Crippen LogP contribution in [0, 0.1) is 0 Å². The average Bonchev–Trinajstić information content (AvgIpc) is 2.15. The summed E-state index contributed by atoms with van der Waals surface area (Å²) in [4.78, 5) is 13.1. The van der Waals surface area contributed by atoms with Crippen molar-refractivity contribution in [2.75, 3.05) is 0 Å². The van der Waals surface area contributed by atoms with Crippen molar-refractivity contribution in [3.8, 4) is 0 Å². The van der Waals surface area contributed by atoms with Crippen molar-refractivity contribution in [1.82, 2.24) is 0 Å². The Kier molecular flexibility index (Phi) is 4.78. The predicted octanol–water partition coefficient (Wildman–Crippen LogP) is 3.50. The number of thioether (sulfide) groups is 1. The van der Waals surface area contributed by atoms with E-state index in [0.29, 0.717) is 11.7 Å². The Labute approximate surface area is 108 Å². The van der Waals surface area contributed by atoms with Crippen molar-refractivity contribution in [2.45, 2.75) is 49.8 Å². The standard InChI is InChI=1S/C14H21NOS/c1-10(2)17-12-7-5-11(6-8-12)13(16)9-14(3,4)15/h5-8,10H,9,15H2,1-4H3. The molecule has 1 aromatic rings. The van der Waals surface area contributed by atoms with Gasteiger partial charge in [0.05, 0.1) is 0 Å². The molecule has 0 saturated carbocycles. The second-order valence-corrected chi connectivity index (χ2v) is 6.93. The SMILES string of the molecule is CC(C)Sc1ccc(C(=O)CC(C)(C)N)cc1. The Morgan fingerprint density at radius 1 is 1.29 bits per heavy atom. The normalized spacial score (nSPS) is 11.9. The van der Waals surface area contributed by atoms with Gasteiger partial charge in [0.15, 0.2) is 5.78 Å². The molecular formula is C14H21NOS. The number of hydrogen-bond acceptors (Lipinski definition) is 3. The van der Waals surface area contributed by atoms with Crippen LogP contribution < -0.4 is 5.73 Å². The molecule has 0 fully saturated rings. The van der Waals surface area contributed by atoms with Crippen LogP contribution >= 0.6 is 11.8 Å². The number of hydrogen-bond donors (Lipinski definition) is 1. The minimum Gasteiger partial charge on any atom is -0.325 e. The first-order chi connectivity index (χ1) is 7.78. The molecule has 0 radical (unpaired) electrons. The summed E-state index contributed by atoms with van der Waals surface area (Å²) < 4.78 is 0. The van der Waals surface area contributed by atoms with Crippen LogP contribution in [-0.2, 0) is 0 Å². The number of carbonyl (C=O) groups is 1. The van der Waals surface area contributed by atoms with Crippen LogP contribution in [0.4, 0.5) is 0 Å². The second kappa shape index (κ2) is 5.69. The lowest BCUT2D eigenvalue weighted by Crippen LogP contribution is -2.34. The predicted molar refractivity (Wildman–Crippen MR) is 74.6 cm³/mol. The molecule has 0 bridgehead atoms. The van der Waals surface area contributed by atoms with Gasteiger partial charge in [0.25, 0.3) is 0 Å². The van der Waals surface area contributed by atoms with E-state index in [1.54, 1.807) is 11.8 Å². The van der Waals surface area contributed by atoms with Crippen molar-refractivity contribution in [3.63, 3.8) is 0 Å². The molecule has 0 unspecified atom stereocenters. The molecule has 17 heavy (non-hydrogen) atoms. The lowest BCUT2D eigenvalue weighted by molar-refractivity contribution is 0.0960. The van der Waals surface area contributed by atoms with Gasteiger partial charge in [-0.15, -0.1) is 11.8 Å². The van der Waals surface area contributed by atoms with Gasteiger partial charge in [0, 0.05) is 27.7 Å². The van der Waals surface area contributed by atoms with Crippen LogP contribution in [0.3, 0.4) is 0 Å². The lowest BCUT2D eigenvalue weighted by atomic mass is 9.95. The molecular weight excluding hydrogens is 230 g/mol. The zero-order valence-electron chi connectivity index (χ0n) is 11.0. The molecule has 94 valence electrons. The van der Waals surface area contributed by atoms with E-state index in [4.69, 9.17) is 5.73 Å². The fourth-order valence-corrected chi connectivity index (χ4v) is 2.34. The summed E-state index contributed by atoms with van der Waals surface area (Å²) in [5.74, 6) is 0.110. The maximum Gasteiger partial charge on any atom is 0.164 e. The largest absolute Gasteiger partial charge is 0.325 e. The highest BCUT2D eigenvalue weighted by atomic mass is 32.2. The maximum atomic E-state index is 11.9. The molecule has 3 heteroatoms. The van der Waals surface area contributed by atoms with Crippen molar-refractivity contribution in [2.24, 2.45) is 5.73 Å². The fraction of sp³-hybridized carbons (Fsp3) is 0.500. The van der Waals surface area contributed by atoms with E-state index < -0.39 is 5.54 Å². The molecule has 0 aromatic heterocycles. The molecule has 0 saturated heterocycles. The van der Waals surface area contributed by atoms with Crippen molar-refractivity contribution in [3.05, 3.63) is 29.8 Å². The Bertz CT molecular complexity index is 376. The Morgan fingerprint density at radius 3 is 2.24 bits per heavy atom. The molecule has 2 nitrogen and oxygen atoms in total. The van der Waals surface area contributed by atoms with Gasteiger partial charge in [-0.05, 0) is 26.0 Å².